The Hall–Kier alpha value is -3.63. The minimum atomic E-state index is -1.05. The first-order valence-electron chi connectivity index (χ1n) is 10.7. The topological polar surface area (TPSA) is 171 Å². The van der Waals surface area contributed by atoms with E-state index in [-0.39, 0.29) is 24.0 Å². The number of likely N-dealkylation sites (tertiary alicyclic amines) is 1. The number of nitrogens with two attached hydrogens (primary N) is 1. The molecule has 1 aromatic rings. The summed E-state index contributed by atoms with van der Waals surface area (Å²) in [5.41, 5.74) is 5.89. The summed E-state index contributed by atoms with van der Waals surface area (Å²) in [6, 6.07) is 2.56. The fraction of sp³-hybridized carbons (Fsp3) is 0.500. The molecule has 0 aliphatic carbocycles. The number of aromatic hydroxyl groups is 1. The molecule has 1 heterocycles. The quantitative estimate of drug-likeness (QED) is 0.313. The molecule has 1 saturated heterocycles. The minimum Gasteiger partial charge on any atom is -0.508 e. The second kappa shape index (κ2) is 11.3. The maximum Gasteiger partial charge on any atom is 0.245 e. The third-order valence-corrected chi connectivity index (χ3v) is 5.42. The number of phenols is 1. The molecule has 1 aliphatic heterocycles. The molecule has 0 bridgehead atoms. The average molecular weight is 462 g/mol. The van der Waals surface area contributed by atoms with Crippen LogP contribution in [0.15, 0.2) is 24.3 Å². The fourth-order valence-electron chi connectivity index (χ4n) is 3.65. The van der Waals surface area contributed by atoms with Crippen molar-refractivity contribution in [3.63, 3.8) is 0 Å². The van der Waals surface area contributed by atoms with E-state index in [1.807, 2.05) is 0 Å². The molecular formula is C22H31N5O6. The van der Waals surface area contributed by atoms with Gasteiger partial charge in [0.15, 0.2) is 0 Å². The van der Waals surface area contributed by atoms with Crippen LogP contribution in [-0.2, 0) is 30.4 Å². The van der Waals surface area contributed by atoms with Crippen LogP contribution in [0.4, 0.5) is 0 Å². The number of carbonyl (C=O) groups excluding carboxylic acids is 5. The first-order valence-corrected chi connectivity index (χ1v) is 10.7. The van der Waals surface area contributed by atoms with Crippen molar-refractivity contribution < 1.29 is 29.1 Å². The van der Waals surface area contributed by atoms with Gasteiger partial charge in [0.05, 0.1) is 0 Å². The summed E-state index contributed by atoms with van der Waals surface area (Å²) in [5.74, 6) is -2.53. The van der Waals surface area contributed by atoms with E-state index in [1.165, 1.54) is 30.9 Å². The number of rotatable bonds is 9. The van der Waals surface area contributed by atoms with Crippen molar-refractivity contribution in [2.45, 2.75) is 64.2 Å². The molecule has 1 fully saturated rings. The van der Waals surface area contributed by atoms with Gasteiger partial charge in [-0.1, -0.05) is 12.1 Å². The van der Waals surface area contributed by atoms with E-state index in [9.17, 15) is 29.1 Å². The van der Waals surface area contributed by atoms with Crippen molar-refractivity contribution in [3.8, 4) is 5.75 Å². The van der Waals surface area contributed by atoms with Crippen LogP contribution in [0.25, 0.3) is 0 Å². The Morgan fingerprint density at radius 2 is 1.70 bits per heavy atom. The average Bonchev–Trinajstić information content (AvgIpc) is 3.23. The van der Waals surface area contributed by atoms with E-state index < -0.39 is 41.9 Å². The lowest BCUT2D eigenvalue weighted by Gasteiger charge is -2.28. The van der Waals surface area contributed by atoms with Gasteiger partial charge in [-0.25, -0.2) is 0 Å². The van der Waals surface area contributed by atoms with E-state index in [0.29, 0.717) is 24.9 Å². The lowest BCUT2D eigenvalue weighted by Crippen LogP contribution is -2.57. The smallest absolute Gasteiger partial charge is 0.245 e. The molecule has 0 aromatic heterocycles. The second-order valence-electron chi connectivity index (χ2n) is 8.18. The summed E-state index contributed by atoms with van der Waals surface area (Å²) < 4.78 is 0. The lowest BCUT2D eigenvalue weighted by atomic mass is 10.0. The number of hydrogen-bond donors (Lipinski definition) is 5. The van der Waals surface area contributed by atoms with Crippen LogP contribution in [0.2, 0.25) is 0 Å². The number of benzene rings is 1. The Balaban J connectivity index is 2.17. The minimum absolute atomic E-state index is 0.0551. The normalized spacial score (nSPS) is 18.0. The zero-order chi connectivity index (χ0) is 24.7. The zero-order valence-electron chi connectivity index (χ0n) is 19.0. The summed E-state index contributed by atoms with van der Waals surface area (Å²) >= 11 is 0. The molecule has 1 aromatic carbocycles. The molecule has 6 N–H and O–H groups in total. The van der Waals surface area contributed by atoms with Crippen LogP contribution >= 0.6 is 0 Å². The summed E-state index contributed by atoms with van der Waals surface area (Å²) in [5, 5.41) is 17.2. The van der Waals surface area contributed by atoms with Crippen LogP contribution < -0.4 is 21.7 Å². The van der Waals surface area contributed by atoms with Crippen molar-refractivity contribution >= 4 is 29.5 Å². The van der Waals surface area contributed by atoms with Gasteiger partial charge in [-0.3, -0.25) is 24.0 Å². The third kappa shape index (κ3) is 7.19. The Labute approximate surface area is 192 Å². The van der Waals surface area contributed by atoms with Gasteiger partial charge in [0.2, 0.25) is 29.5 Å². The van der Waals surface area contributed by atoms with Crippen LogP contribution in [0.3, 0.4) is 0 Å². The number of primary amides is 1. The number of amides is 5. The molecule has 0 saturated carbocycles. The highest BCUT2D eigenvalue weighted by molar-refractivity contribution is 5.95. The molecule has 0 spiro atoms. The molecule has 2 rings (SSSR count). The van der Waals surface area contributed by atoms with Gasteiger partial charge in [-0.05, 0) is 44.4 Å². The predicted octanol–water partition coefficient (Wildman–Crippen LogP) is -1.07. The van der Waals surface area contributed by atoms with E-state index in [4.69, 9.17) is 5.73 Å². The second-order valence-corrected chi connectivity index (χ2v) is 8.18. The molecular weight excluding hydrogens is 430 g/mol. The Morgan fingerprint density at radius 3 is 2.27 bits per heavy atom. The third-order valence-electron chi connectivity index (χ3n) is 5.42. The van der Waals surface area contributed by atoms with Gasteiger partial charge in [0.1, 0.15) is 29.9 Å². The molecule has 5 amide bonds. The molecule has 33 heavy (non-hydrogen) atoms. The highest BCUT2D eigenvalue weighted by Gasteiger charge is 2.37. The van der Waals surface area contributed by atoms with Gasteiger partial charge in [-0.15, -0.1) is 0 Å². The van der Waals surface area contributed by atoms with Gasteiger partial charge < -0.3 is 31.7 Å². The maximum atomic E-state index is 13.1. The Kier molecular flexibility index (Phi) is 8.78. The van der Waals surface area contributed by atoms with Gasteiger partial charge >= 0.3 is 0 Å². The van der Waals surface area contributed by atoms with Crippen LogP contribution in [0.5, 0.6) is 5.75 Å². The monoisotopic (exact) mass is 461 g/mol. The Bertz CT molecular complexity index is 903. The molecule has 0 unspecified atom stereocenters. The van der Waals surface area contributed by atoms with Crippen molar-refractivity contribution in [1.82, 2.24) is 20.9 Å². The van der Waals surface area contributed by atoms with Crippen molar-refractivity contribution in [1.29, 1.82) is 0 Å². The first kappa shape index (κ1) is 25.6. The largest absolute Gasteiger partial charge is 0.508 e. The first-order chi connectivity index (χ1) is 15.5. The SMILES string of the molecule is CC(=O)N[C@@H](C)C(=O)N1CCC[C@H]1C(=O)N[C@@H](Cc1ccc(O)cc1)C(=O)N[C@@H](C)C(N)=O. The van der Waals surface area contributed by atoms with E-state index >= 15 is 0 Å². The molecule has 0 radical (unpaired) electrons. The van der Waals surface area contributed by atoms with Crippen LogP contribution in [-0.4, -0.2) is 70.3 Å². The van der Waals surface area contributed by atoms with E-state index in [2.05, 4.69) is 16.0 Å². The molecule has 180 valence electrons. The van der Waals surface area contributed by atoms with E-state index in [0.717, 1.165) is 0 Å². The lowest BCUT2D eigenvalue weighted by molar-refractivity contribution is -0.141. The van der Waals surface area contributed by atoms with Gasteiger partial charge in [0.25, 0.3) is 0 Å². The summed E-state index contributed by atoms with van der Waals surface area (Å²) in [4.78, 5) is 62.7. The highest BCUT2D eigenvalue weighted by Crippen LogP contribution is 2.19. The summed E-state index contributed by atoms with van der Waals surface area (Å²) in [6.07, 6.45) is 1.10. The van der Waals surface area contributed by atoms with Gasteiger partial charge in [-0.2, -0.15) is 0 Å². The Morgan fingerprint density at radius 1 is 1.06 bits per heavy atom. The zero-order valence-corrected chi connectivity index (χ0v) is 19.0. The number of nitrogens with one attached hydrogen (secondary N) is 3. The molecule has 11 heteroatoms. The number of carbonyl (C=O) groups is 5. The maximum absolute atomic E-state index is 13.1. The highest BCUT2D eigenvalue weighted by atomic mass is 16.3. The summed E-state index contributed by atoms with van der Waals surface area (Å²) in [6.45, 7) is 4.63. The van der Waals surface area contributed by atoms with Crippen LogP contribution in [0, 0.1) is 0 Å². The molecule has 1 aliphatic rings. The van der Waals surface area contributed by atoms with Crippen molar-refractivity contribution in [2.24, 2.45) is 5.73 Å². The predicted molar refractivity (Wildman–Crippen MR) is 119 cm³/mol. The standard InChI is InChI=1S/C22H31N5O6/c1-12(19(23)30)25-20(31)17(11-15-6-8-16(29)9-7-15)26-21(32)18-5-4-10-27(18)22(33)13(2)24-14(3)28/h6-9,12-13,17-18,29H,4-5,10-11H2,1-3H3,(H2,23,30)(H,24,28)(H,25,31)(H,26,32)/t12-,13-,17-,18-/m0/s1. The number of phenolic OH excluding ortho intramolecular Hbond substituents is 1. The van der Waals surface area contributed by atoms with Crippen molar-refractivity contribution in [3.05, 3.63) is 29.8 Å². The van der Waals surface area contributed by atoms with Crippen molar-refractivity contribution in [2.75, 3.05) is 6.54 Å². The number of nitrogens with zero attached hydrogens (tertiary/aromatic N) is 1. The fourth-order valence-corrected chi connectivity index (χ4v) is 3.65. The number of hydrogen-bond acceptors (Lipinski definition) is 6. The van der Waals surface area contributed by atoms with Gasteiger partial charge in [0, 0.05) is 19.9 Å². The molecule has 11 nitrogen and oxygen atoms in total. The van der Waals surface area contributed by atoms with Crippen LogP contribution in [0.1, 0.15) is 39.2 Å². The molecule has 4 atom stereocenters. The van der Waals surface area contributed by atoms with E-state index in [1.54, 1.807) is 19.1 Å². The summed E-state index contributed by atoms with van der Waals surface area (Å²) in [7, 11) is 0.